The summed E-state index contributed by atoms with van der Waals surface area (Å²) < 4.78 is 0. The van der Waals surface area contributed by atoms with Crippen molar-refractivity contribution in [2.24, 2.45) is 0 Å². The van der Waals surface area contributed by atoms with Gasteiger partial charge in [-0.05, 0) is 47.7 Å². The molecule has 2 aromatic heterocycles. The van der Waals surface area contributed by atoms with Crippen molar-refractivity contribution in [3.63, 3.8) is 0 Å². The van der Waals surface area contributed by atoms with Gasteiger partial charge in [0.25, 0.3) is 5.91 Å². The minimum Gasteiger partial charge on any atom is -0.323 e. The molecule has 1 N–H and O–H groups in total. The molecule has 1 atom stereocenters. The first-order valence-electron chi connectivity index (χ1n) is 9.66. The van der Waals surface area contributed by atoms with E-state index in [-0.39, 0.29) is 18.0 Å². The lowest BCUT2D eigenvalue weighted by molar-refractivity contribution is -0.134. The van der Waals surface area contributed by atoms with Crippen LogP contribution in [0.25, 0.3) is 0 Å². The Hall–Kier alpha value is -1.70. The van der Waals surface area contributed by atoms with Crippen LogP contribution in [-0.2, 0) is 11.2 Å². The number of carbonyl (C=O) groups is 2. The minimum atomic E-state index is -0.642. The van der Waals surface area contributed by atoms with Crippen molar-refractivity contribution in [3.05, 3.63) is 44.3 Å². The van der Waals surface area contributed by atoms with E-state index in [1.807, 2.05) is 11.3 Å². The van der Waals surface area contributed by atoms with Gasteiger partial charge in [0.15, 0.2) is 0 Å². The standard InChI is InChI=1S/C20H23N3O2S2/c24-18-20(8-2-1-3-9-20)21-19(25)23(18)13-22-10-6-15-14(7-12-27-15)17(22)16-5-4-11-26-16/h4-5,7,11-12,17H,1-3,6,8-10,13H2,(H,21,25)/t17-/m0/s1. The van der Waals surface area contributed by atoms with Gasteiger partial charge in [0.05, 0.1) is 12.7 Å². The Balaban J connectivity index is 1.43. The van der Waals surface area contributed by atoms with E-state index in [0.717, 1.165) is 45.1 Å². The average Bonchev–Trinajstić information content (AvgIpc) is 3.40. The number of fused-ring (bicyclic) bond motifs is 1. The van der Waals surface area contributed by atoms with Crippen molar-refractivity contribution in [1.29, 1.82) is 0 Å². The summed E-state index contributed by atoms with van der Waals surface area (Å²) in [5.41, 5.74) is 0.685. The van der Waals surface area contributed by atoms with E-state index < -0.39 is 5.54 Å². The molecule has 2 fully saturated rings. The van der Waals surface area contributed by atoms with Crippen molar-refractivity contribution < 1.29 is 9.59 Å². The Labute approximate surface area is 167 Å². The summed E-state index contributed by atoms with van der Waals surface area (Å²) in [5.74, 6) is -0.0201. The summed E-state index contributed by atoms with van der Waals surface area (Å²) in [6, 6.07) is 6.34. The molecule has 3 amide bonds. The summed E-state index contributed by atoms with van der Waals surface area (Å²) in [7, 11) is 0. The quantitative estimate of drug-likeness (QED) is 0.792. The molecular formula is C20H23N3O2S2. The molecule has 4 heterocycles. The molecule has 1 spiro atoms. The second-order valence-electron chi connectivity index (χ2n) is 7.73. The number of hydrogen-bond donors (Lipinski definition) is 1. The molecular weight excluding hydrogens is 378 g/mol. The van der Waals surface area contributed by atoms with Crippen LogP contribution >= 0.6 is 22.7 Å². The van der Waals surface area contributed by atoms with Crippen LogP contribution in [0.15, 0.2) is 29.0 Å². The number of nitrogens with zero attached hydrogens (tertiary/aromatic N) is 2. The maximum atomic E-state index is 13.2. The molecule has 5 nitrogen and oxygen atoms in total. The Morgan fingerprint density at radius 2 is 1.96 bits per heavy atom. The van der Waals surface area contributed by atoms with Gasteiger partial charge in [-0.15, -0.1) is 22.7 Å². The van der Waals surface area contributed by atoms with Crippen LogP contribution in [-0.4, -0.2) is 40.5 Å². The zero-order valence-electron chi connectivity index (χ0n) is 15.1. The van der Waals surface area contributed by atoms with Crippen LogP contribution in [0.5, 0.6) is 0 Å². The number of thiophene rings is 2. The van der Waals surface area contributed by atoms with Gasteiger partial charge in [0.2, 0.25) is 0 Å². The summed E-state index contributed by atoms with van der Waals surface area (Å²) in [6.07, 6.45) is 5.70. The largest absolute Gasteiger partial charge is 0.326 e. The van der Waals surface area contributed by atoms with Crippen molar-refractivity contribution in [3.8, 4) is 0 Å². The highest BCUT2D eigenvalue weighted by molar-refractivity contribution is 7.10. The fourth-order valence-electron chi connectivity index (χ4n) is 4.78. The lowest BCUT2D eigenvalue weighted by Gasteiger charge is -2.37. The fourth-order valence-corrected chi connectivity index (χ4v) is 6.56. The van der Waals surface area contributed by atoms with Crippen LogP contribution in [0.3, 0.4) is 0 Å². The number of urea groups is 1. The van der Waals surface area contributed by atoms with Crippen LogP contribution in [0.1, 0.15) is 53.5 Å². The van der Waals surface area contributed by atoms with E-state index in [0.29, 0.717) is 6.67 Å². The van der Waals surface area contributed by atoms with Gasteiger partial charge < -0.3 is 5.32 Å². The van der Waals surface area contributed by atoms with Gasteiger partial charge in [0.1, 0.15) is 5.54 Å². The normalized spacial score (nSPS) is 25.0. The zero-order chi connectivity index (χ0) is 18.4. The van der Waals surface area contributed by atoms with Gasteiger partial charge in [-0.3, -0.25) is 9.69 Å². The molecule has 0 bridgehead atoms. The SMILES string of the molecule is O=C1NC2(CCCCC2)C(=O)N1CN1CCc2sccc2[C@H]1c1cccs1. The van der Waals surface area contributed by atoms with Crippen molar-refractivity contribution >= 4 is 34.6 Å². The van der Waals surface area contributed by atoms with Gasteiger partial charge in [-0.25, -0.2) is 9.69 Å². The number of imide groups is 1. The molecule has 5 rings (SSSR count). The zero-order valence-corrected chi connectivity index (χ0v) is 16.8. The predicted octanol–water partition coefficient (Wildman–Crippen LogP) is 3.97. The van der Waals surface area contributed by atoms with Gasteiger partial charge in [0, 0.05) is 16.3 Å². The minimum absolute atomic E-state index is 0.0201. The highest BCUT2D eigenvalue weighted by atomic mass is 32.1. The van der Waals surface area contributed by atoms with E-state index in [2.05, 4.69) is 39.2 Å². The molecule has 2 aliphatic heterocycles. The molecule has 3 aliphatic rings. The summed E-state index contributed by atoms with van der Waals surface area (Å²) >= 11 is 3.55. The number of rotatable bonds is 3. The highest BCUT2D eigenvalue weighted by Crippen LogP contribution is 2.40. The van der Waals surface area contributed by atoms with Crippen LogP contribution < -0.4 is 5.32 Å². The summed E-state index contributed by atoms with van der Waals surface area (Å²) in [5, 5.41) is 7.29. The van der Waals surface area contributed by atoms with E-state index in [1.165, 1.54) is 20.2 Å². The number of nitrogens with one attached hydrogen (secondary N) is 1. The van der Waals surface area contributed by atoms with E-state index in [9.17, 15) is 9.59 Å². The van der Waals surface area contributed by atoms with Gasteiger partial charge in [-0.1, -0.05) is 25.3 Å². The second-order valence-corrected chi connectivity index (χ2v) is 9.71. The molecule has 1 aliphatic carbocycles. The molecule has 27 heavy (non-hydrogen) atoms. The lowest BCUT2D eigenvalue weighted by Crippen LogP contribution is -2.49. The third kappa shape index (κ3) is 2.83. The molecule has 0 aromatic carbocycles. The average molecular weight is 402 g/mol. The van der Waals surface area contributed by atoms with Crippen LogP contribution in [0, 0.1) is 0 Å². The fraction of sp³-hybridized carbons (Fsp3) is 0.500. The van der Waals surface area contributed by atoms with Crippen LogP contribution in [0.2, 0.25) is 0 Å². The molecule has 2 aromatic rings. The maximum absolute atomic E-state index is 13.2. The summed E-state index contributed by atoms with van der Waals surface area (Å²) in [4.78, 5) is 32.3. The first kappa shape index (κ1) is 17.4. The Morgan fingerprint density at radius 3 is 2.74 bits per heavy atom. The van der Waals surface area contributed by atoms with Gasteiger partial charge >= 0.3 is 6.03 Å². The van der Waals surface area contributed by atoms with E-state index in [4.69, 9.17) is 0 Å². The van der Waals surface area contributed by atoms with Crippen LogP contribution in [0.4, 0.5) is 4.79 Å². The Bertz CT molecular complexity index is 854. The number of amides is 3. The maximum Gasteiger partial charge on any atom is 0.326 e. The first-order valence-corrected chi connectivity index (χ1v) is 11.4. The van der Waals surface area contributed by atoms with E-state index in [1.54, 1.807) is 11.3 Å². The lowest BCUT2D eigenvalue weighted by atomic mass is 9.82. The smallest absolute Gasteiger partial charge is 0.323 e. The molecule has 0 radical (unpaired) electrons. The van der Waals surface area contributed by atoms with Crippen molar-refractivity contribution in [2.75, 3.05) is 13.2 Å². The second kappa shape index (κ2) is 6.72. The molecule has 1 saturated carbocycles. The Morgan fingerprint density at radius 1 is 1.11 bits per heavy atom. The monoisotopic (exact) mass is 401 g/mol. The molecule has 142 valence electrons. The molecule has 1 saturated heterocycles. The van der Waals surface area contributed by atoms with Crippen molar-refractivity contribution in [2.45, 2.75) is 50.1 Å². The topological polar surface area (TPSA) is 52.7 Å². The van der Waals surface area contributed by atoms with E-state index >= 15 is 0 Å². The third-order valence-electron chi connectivity index (χ3n) is 6.15. The Kier molecular flexibility index (Phi) is 4.33. The molecule has 0 unspecified atom stereocenters. The third-order valence-corrected chi connectivity index (χ3v) is 8.08. The number of hydrogen-bond acceptors (Lipinski definition) is 5. The number of carbonyl (C=O) groups excluding carboxylic acids is 2. The van der Waals surface area contributed by atoms with Gasteiger partial charge in [-0.2, -0.15) is 0 Å². The molecule has 7 heteroatoms. The first-order chi connectivity index (χ1) is 13.2. The van der Waals surface area contributed by atoms with Crippen molar-refractivity contribution in [1.82, 2.24) is 15.1 Å². The summed E-state index contributed by atoms with van der Waals surface area (Å²) in [6.45, 7) is 1.23. The highest BCUT2D eigenvalue weighted by Gasteiger charge is 2.52. The predicted molar refractivity (Wildman–Crippen MR) is 107 cm³/mol.